The van der Waals surface area contributed by atoms with Crippen molar-refractivity contribution in [3.63, 3.8) is 0 Å². The van der Waals surface area contributed by atoms with Gasteiger partial charge in [-0.3, -0.25) is 0 Å². The Morgan fingerprint density at radius 1 is 1.26 bits per heavy atom. The van der Waals surface area contributed by atoms with E-state index in [2.05, 4.69) is 35.9 Å². The van der Waals surface area contributed by atoms with Gasteiger partial charge in [0, 0.05) is 0 Å². The Labute approximate surface area is 121 Å². The van der Waals surface area contributed by atoms with Gasteiger partial charge < -0.3 is 10.7 Å². The Hall–Kier alpha value is -1.69. The van der Waals surface area contributed by atoms with Crippen LogP contribution in [0.4, 0.5) is 5.82 Å². The molecule has 3 N–H and O–H groups in total. The number of nitrogens with one attached hydrogen (secondary N) is 1. The largest absolute Gasteiger partial charge is 0.382 e. The van der Waals surface area contributed by atoms with Crippen LogP contribution in [0.3, 0.4) is 0 Å². The average molecular weight is 324 g/mol. The second-order valence-electron chi connectivity index (χ2n) is 3.84. The van der Waals surface area contributed by atoms with Crippen LogP contribution in [0, 0.1) is 0 Å². The molecule has 19 heavy (non-hydrogen) atoms. The van der Waals surface area contributed by atoms with Crippen LogP contribution in [0.1, 0.15) is 33.4 Å². The molecule has 0 unspecified atom stereocenters. The van der Waals surface area contributed by atoms with E-state index in [1.165, 1.54) is 5.57 Å². The molecule has 0 aliphatic carbocycles. The highest BCUT2D eigenvalue weighted by Gasteiger charge is 2.09. The molecular formula is C13H18BrN5. The summed E-state index contributed by atoms with van der Waals surface area (Å²) in [6.45, 7) is 8.04. The summed E-state index contributed by atoms with van der Waals surface area (Å²) in [5, 5.41) is 0. The number of nitrogen functional groups attached to an aromatic ring is 1. The lowest BCUT2D eigenvalue weighted by Gasteiger charge is -2.00. The van der Waals surface area contributed by atoms with Crippen molar-refractivity contribution in [2.75, 3.05) is 5.73 Å². The Morgan fingerprint density at radius 3 is 2.58 bits per heavy atom. The second-order valence-corrected chi connectivity index (χ2v) is 4.65. The van der Waals surface area contributed by atoms with Gasteiger partial charge in [-0.2, -0.15) is 0 Å². The SMILES string of the molecule is CC.CC(C)=Cc1cnc(-c2nc(Br)cnc2N)[nH]1. The zero-order chi connectivity index (χ0) is 14.4. The van der Waals surface area contributed by atoms with E-state index < -0.39 is 0 Å². The minimum atomic E-state index is 0.353. The molecule has 0 atom stereocenters. The van der Waals surface area contributed by atoms with Crippen LogP contribution >= 0.6 is 15.9 Å². The molecule has 6 heteroatoms. The van der Waals surface area contributed by atoms with E-state index in [0.29, 0.717) is 21.9 Å². The maximum Gasteiger partial charge on any atom is 0.160 e. The minimum Gasteiger partial charge on any atom is -0.382 e. The summed E-state index contributed by atoms with van der Waals surface area (Å²) in [6, 6.07) is 0. The van der Waals surface area contributed by atoms with Gasteiger partial charge in [0.2, 0.25) is 0 Å². The summed E-state index contributed by atoms with van der Waals surface area (Å²) >= 11 is 3.26. The topological polar surface area (TPSA) is 80.5 Å². The van der Waals surface area contributed by atoms with E-state index in [9.17, 15) is 0 Å². The maximum atomic E-state index is 5.76. The quantitative estimate of drug-likeness (QED) is 0.883. The lowest BCUT2D eigenvalue weighted by atomic mass is 10.3. The predicted octanol–water partition coefficient (Wildman–Crippen LogP) is 3.66. The first-order valence-corrected chi connectivity index (χ1v) is 6.84. The van der Waals surface area contributed by atoms with Crippen molar-refractivity contribution >= 4 is 27.8 Å². The van der Waals surface area contributed by atoms with Crippen LogP contribution < -0.4 is 5.73 Å². The summed E-state index contributed by atoms with van der Waals surface area (Å²) in [5.41, 5.74) is 8.42. The second kappa shape index (κ2) is 7.04. The van der Waals surface area contributed by atoms with Gasteiger partial charge in [-0.05, 0) is 35.9 Å². The first kappa shape index (κ1) is 15.4. The number of aromatic nitrogens is 4. The molecule has 0 aliphatic rings. The first-order valence-electron chi connectivity index (χ1n) is 6.04. The number of aromatic amines is 1. The van der Waals surface area contributed by atoms with Crippen molar-refractivity contribution in [3.05, 3.63) is 28.3 Å². The average Bonchev–Trinajstić information content (AvgIpc) is 2.82. The van der Waals surface area contributed by atoms with Gasteiger partial charge in [0.15, 0.2) is 11.6 Å². The van der Waals surface area contributed by atoms with Crippen molar-refractivity contribution < 1.29 is 0 Å². The van der Waals surface area contributed by atoms with Gasteiger partial charge in [-0.15, -0.1) is 0 Å². The van der Waals surface area contributed by atoms with Crippen molar-refractivity contribution in [2.45, 2.75) is 27.7 Å². The molecule has 0 bridgehead atoms. The molecule has 2 aromatic heterocycles. The molecule has 2 rings (SSSR count). The monoisotopic (exact) mass is 323 g/mol. The Kier molecular flexibility index (Phi) is 5.69. The minimum absolute atomic E-state index is 0.353. The van der Waals surface area contributed by atoms with Gasteiger partial charge in [-0.1, -0.05) is 19.4 Å². The molecule has 0 amide bonds. The first-order chi connectivity index (χ1) is 9.06. The van der Waals surface area contributed by atoms with E-state index in [4.69, 9.17) is 5.73 Å². The van der Waals surface area contributed by atoms with Crippen molar-refractivity contribution in [1.29, 1.82) is 0 Å². The Bertz CT molecular complexity index is 570. The molecule has 5 nitrogen and oxygen atoms in total. The highest BCUT2D eigenvalue weighted by Crippen LogP contribution is 2.21. The number of H-pyrrole nitrogens is 1. The highest BCUT2D eigenvalue weighted by atomic mass is 79.9. The number of rotatable bonds is 2. The number of allylic oxidation sites excluding steroid dienone is 1. The van der Waals surface area contributed by atoms with Crippen molar-refractivity contribution in [2.24, 2.45) is 0 Å². The third-order valence-electron chi connectivity index (χ3n) is 2.04. The van der Waals surface area contributed by atoms with Crippen LogP contribution in [0.25, 0.3) is 17.6 Å². The number of imidazole rings is 1. The van der Waals surface area contributed by atoms with Gasteiger partial charge in [0.25, 0.3) is 0 Å². The number of halogens is 1. The molecule has 0 saturated carbocycles. The van der Waals surface area contributed by atoms with Crippen LogP contribution in [0.5, 0.6) is 0 Å². The number of hydrogen-bond acceptors (Lipinski definition) is 4. The lowest BCUT2D eigenvalue weighted by molar-refractivity contribution is 1.14. The summed E-state index contributed by atoms with van der Waals surface area (Å²) in [6.07, 6.45) is 5.29. The fourth-order valence-electron chi connectivity index (χ4n) is 1.39. The summed E-state index contributed by atoms with van der Waals surface area (Å²) in [7, 11) is 0. The molecule has 0 aromatic carbocycles. The molecule has 0 spiro atoms. The molecule has 102 valence electrons. The smallest absolute Gasteiger partial charge is 0.160 e. The van der Waals surface area contributed by atoms with E-state index in [-0.39, 0.29) is 0 Å². The van der Waals surface area contributed by atoms with Crippen molar-refractivity contribution in [1.82, 2.24) is 19.9 Å². The van der Waals surface area contributed by atoms with Crippen LogP contribution in [0.2, 0.25) is 0 Å². The van der Waals surface area contributed by atoms with E-state index in [0.717, 1.165) is 5.69 Å². The maximum absolute atomic E-state index is 5.76. The Morgan fingerprint density at radius 2 is 1.95 bits per heavy atom. The van der Waals surface area contributed by atoms with Gasteiger partial charge >= 0.3 is 0 Å². The van der Waals surface area contributed by atoms with Gasteiger partial charge in [0.1, 0.15) is 10.3 Å². The van der Waals surface area contributed by atoms with Crippen LogP contribution in [-0.4, -0.2) is 19.9 Å². The van der Waals surface area contributed by atoms with E-state index in [1.807, 2.05) is 33.8 Å². The van der Waals surface area contributed by atoms with Gasteiger partial charge in [-0.25, -0.2) is 15.0 Å². The summed E-state index contributed by atoms with van der Waals surface area (Å²) < 4.78 is 0.627. The van der Waals surface area contributed by atoms with E-state index in [1.54, 1.807) is 12.4 Å². The highest BCUT2D eigenvalue weighted by molar-refractivity contribution is 9.10. The molecule has 2 aromatic rings. The van der Waals surface area contributed by atoms with E-state index >= 15 is 0 Å². The number of hydrogen-bond donors (Lipinski definition) is 2. The normalized spacial score (nSPS) is 9.53. The lowest BCUT2D eigenvalue weighted by Crippen LogP contribution is -1.98. The zero-order valence-electron chi connectivity index (χ0n) is 11.5. The number of nitrogens with zero attached hydrogens (tertiary/aromatic N) is 3. The van der Waals surface area contributed by atoms with Gasteiger partial charge in [0.05, 0.1) is 18.1 Å². The standard InChI is InChI=1S/C11H12BrN5.C2H6/c1-6(2)3-7-4-15-11(16-7)9-10(13)14-5-8(12)17-9;1-2/h3-5H,1-2H3,(H2,13,14)(H,15,16);1-2H3. The molecule has 0 fully saturated rings. The Balaban J connectivity index is 0.000000861. The molecule has 0 aliphatic heterocycles. The number of nitrogens with two attached hydrogens (primary N) is 1. The molecule has 2 heterocycles. The van der Waals surface area contributed by atoms with Crippen LogP contribution in [0.15, 0.2) is 22.6 Å². The zero-order valence-corrected chi connectivity index (χ0v) is 13.1. The fraction of sp³-hybridized carbons (Fsp3) is 0.308. The summed E-state index contributed by atoms with van der Waals surface area (Å²) in [4.78, 5) is 15.6. The molecular weight excluding hydrogens is 306 g/mol. The summed E-state index contributed by atoms with van der Waals surface area (Å²) in [5.74, 6) is 0.968. The third kappa shape index (κ3) is 4.17. The van der Waals surface area contributed by atoms with Crippen molar-refractivity contribution in [3.8, 4) is 11.5 Å². The van der Waals surface area contributed by atoms with Crippen LogP contribution in [-0.2, 0) is 0 Å². The molecule has 0 saturated heterocycles. The molecule has 0 radical (unpaired) electrons. The fourth-order valence-corrected chi connectivity index (χ4v) is 1.67. The third-order valence-corrected chi connectivity index (χ3v) is 2.42. The predicted molar refractivity (Wildman–Crippen MR) is 82.4 cm³/mol. The number of anilines is 1.